The van der Waals surface area contributed by atoms with E-state index in [0.717, 1.165) is 17.1 Å². The van der Waals surface area contributed by atoms with Gasteiger partial charge in [0.15, 0.2) is 0 Å². The van der Waals surface area contributed by atoms with Gasteiger partial charge in [-0.05, 0) is 64.0 Å². The van der Waals surface area contributed by atoms with Gasteiger partial charge in [0.1, 0.15) is 0 Å². The molecule has 1 aromatic heterocycles. The molecule has 2 aromatic rings. The number of carbonyl (C=O) groups is 1. The second kappa shape index (κ2) is 7.53. The predicted molar refractivity (Wildman–Crippen MR) is 96.8 cm³/mol. The van der Waals surface area contributed by atoms with Gasteiger partial charge in [0.2, 0.25) is 12.3 Å². The van der Waals surface area contributed by atoms with Crippen molar-refractivity contribution in [2.75, 3.05) is 18.4 Å². The average molecular weight is 362 g/mol. The van der Waals surface area contributed by atoms with Gasteiger partial charge in [0.25, 0.3) is 0 Å². The Hall–Kier alpha value is -2.28. The molecule has 1 fully saturated rings. The highest BCUT2D eigenvalue weighted by atomic mass is 19.3. The normalized spacial score (nSPS) is 16.7. The van der Waals surface area contributed by atoms with Crippen molar-refractivity contribution in [3.8, 4) is 5.69 Å². The maximum Gasteiger partial charge on any atom is 0.239 e. The quantitative estimate of drug-likeness (QED) is 0.856. The molecule has 1 saturated heterocycles. The topological polar surface area (TPSA) is 59.0 Å². The van der Waals surface area contributed by atoms with Crippen LogP contribution in [0.1, 0.15) is 30.7 Å². The highest BCUT2D eigenvalue weighted by Gasteiger charge is 2.41. The number of nitrogens with zero attached hydrogens (tertiary/aromatic N) is 2. The lowest BCUT2D eigenvalue weighted by Gasteiger charge is -2.36. The first-order valence-corrected chi connectivity index (χ1v) is 8.83. The number of hydrogen-bond acceptors (Lipinski definition) is 3. The van der Waals surface area contributed by atoms with Crippen LogP contribution in [-0.4, -0.2) is 35.0 Å². The minimum atomic E-state index is -2.49. The molecule has 1 amide bonds. The second-order valence-electron chi connectivity index (χ2n) is 6.91. The van der Waals surface area contributed by atoms with E-state index in [0.29, 0.717) is 31.6 Å². The number of hydrogen-bond donors (Lipinski definition) is 2. The van der Waals surface area contributed by atoms with Crippen molar-refractivity contribution in [3.63, 3.8) is 0 Å². The van der Waals surface area contributed by atoms with Gasteiger partial charge in [-0.2, -0.15) is 0 Å². The summed E-state index contributed by atoms with van der Waals surface area (Å²) >= 11 is 0. The number of anilines is 1. The van der Waals surface area contributed by atoms with Crippen LogP contribution >= 0.6 is 0 Å². The summed E-state index contributed by atoms with van der Waals surface area (Å²) in [5.41, 5.74) is 2.55. The van der Waals surface area contributed by atoms with Crippen molar-refractivity contribution in [1.82, 2.24) is 14.9 Å². The summed E-state index contributed by atoms with van der Waals surface area (Å²) in [4.78, 5) is 17.0. The molecule has 1 aliphatic heterocycles. The number of halogens is 2. The SMILES string of the molecule is Cc1ncn(-c2ccc(NC(=O)C3(CC(F)F)CCNCC3)cc2)c1C. The molecular formula is C19H24F2N4O. The Morgan fingerprint density at radius 2 is 1.92 bits per heavy atom. The summed E-state index contributed by atoms with van der Waals surface area (Å²) < 4.78 is 28.0. The summed E-state index contributed by atoms with van der Waals surface area (Å²) in [7, 11) is 0. The summed E-state index contributed by atoms with van der Waals surface area (Å²) in [6.45, 7) is 5.10. The van der Waals surface area contributed by atoms with E-state index in [1.165, 1.54) is 0 Å². The molecule has 0 radical (unpaired) electrons. The molecule has 7 heteroatoms. The van der Waals surface area contributed by atoms with Crippen LogP contribution < -0.4 is 10.6 Å². The second-order valence-corrected chi connectivity index (χ2v) is 6.91. The summed E-state index contributed by atoms with van der Waals surface area (Å²) in [6, 6.07) is 7.34. The van der Waals surface area contributed by atoms with Gasteiger partial charge in [-0.25, -0.2) is 13.8 Å². The van der Waals surface area contributed by atoms with Gasteiger partial charge >= 0.3 is 0 Å². The molecule has 1 aliphatic rings. The van der Waals surface area contributed by atoms with E-state index >= 15 is 0 Å². The lowest BCUT2D eigenvalue weighted by Crippen LogP contribution is -2.46. The highest BCUT2D eigenvalue weighted by molar-refractivity contribution is 5.95. The van der Waals surface area contributed by atoms with Crippen molar-refractivity contribution >= 4 is 11.6 Å². The molecule has 0 aliphatic carbocycles. The van der Waals surface area contributed by atoms with Crippen LogP contribution in [0.4, 0.5) is 14.5 Å². The Balaban J connectivity index is 1.75. The van der Waals surface area contributed by atoms with Crippen molar-refractivity contribution in [1.29, 1.82) is 0 Å². The van der Waals surface area contributed by atoms with Crippen LogP contribution in [0.2, 0.25) is 0 Å². The molecule has 140 valence electrons. The van der Waals surface area contributed by atoms with E-state index < -0.39 is 18.3 Å². The van der Waals surface area contributed by atoms with Gasteiger partial charge in [-0.3, -0.25) is 4.79 Å². The third-order valence-electron chi connectivity index (χ3n) is 5.24. The number of benzene rings is 1. The van der Waals surface area contributed by atoms with E-state index in [-0.39, 0.29) is 5.91 Å². The number of aryl methyl sites for hydroxylation is 1. The van der Waals surface area contributed by atoms with Gasteiger partial charge in [0, 0.05) is 23.5 Å². The standard InChI is InChI=1S/C19H24F2N4O/c1-13-14(2)25(12-23-13)16-5-3-15(4-6-16)24-18(26)19(11-17(20)21)7-9-22-10-8-19/h3-6,12,17,22H,7-11H2,1-2H3,(H,24,26). The zero-order valence-electron chi connectivity index (χ0n) is 15.1. The Bertz CT molecular complexity index is 764. The van der Waals surface area contributed by atoms with E-state index in [2.05, 4.69) is 15.6 Å². The van der Waals surface area contributed by atoms with Crippen molar-refractivity contribution in [2.24, 2.45) is 5.41 Å². The number of nitrogens with one attached hydrogen (secondary N) is 2. The van der Waals surface area contributed by atoms with Crippen LogP contribution in [0.25, 0.3) is 5.69 Å². The number of aromatic nitrogens is 2. The molecule has 0 atom stereocenters. The smallest absolute Gasteiger partial charge is 0.239 e. The predicted octanol–water partition coefficient (Wildman–Crippen LogP) is 3.45. The summed E-state index contributed by atoms with van der Waals surface area (Å²) in [6.07, 6.45) is -0.283. The Morgan fingerprint density at radius 3 is 2.46 bits per heavy atom. The number of amides is 1. The van der Waals surface area contributed by atoms with Crippen LogP contribution in [0.5, 0.6) is 0 Å². The molecule has 0 unspecified atom stereocenters. The van der Waals surface area contributed by atoms with Gasteiger partial charge in [0.05, 0.1) is 17.4 Å². The number of imidazole rings is 1. The third-order valence-corrected chi connectivity index (χ3v) is 5.24. The largest absolute Gasteiger partial charge is 0.326 e. The molecule has 1 aromatic carbocycles. The fourth-order valence-electron chi connectivity index (χ4n) is 3.45. The lowest BCUT2D eigenvalue weighted by molar-refractivity contribution is -0.129. The third kappa shape index (κ3) is 3.77. The molecule has 3 rings (SSSR count). The fourth-order valence-corrected chi connectivity index (χ4v) is 3.45. The molecular weight excluding hydrogens is 338 g/mol. The van der Waals surface area contributed by atoms with E-state index in [1.54, 1.807) is 18.5 Å². The molecule has 2 N–H and O–H groups in total. The van der Waals surface area contributed by atoms with Crippen molar-refractivity contribution in [2.45, 2.75) is 39.5 Å². The fraction of sp³-hybridized carbons (Fsp3) is 0.474. The number of carbonyl (C=O) groups excluding carboxylic acids is 1. The van der Waals surface area contributed by atoms with Gasteiger partial charge in [-0.1, -0.05) is 0 Å². The zero-order valence-corrected chi connectivity index (χ0v) is 15.1. The van der Waals surface area contributed by atoms with Crippen LogP contribution in [0.15, 0.2) is 30.6 Å². The Labute approximate surface area is 151 Å². The van der Waals surface area contributed by atoms with Crippen molar-refractivity contribution < 1.29 is 13.6 Å². The summed E-state index contributed by atoms with van der Waals surface area (Å²) in [5, 5.41) is 5.96. The first-order chi connectivity index (χ1) is 12.4. The monoisotopic (exact) mass is 362 g/mol. The maximum absolute atomic E-state index is 13.0. The maximum atomic E-state index is 13.0. The van der Waals surface area contributed by atoms with Crippen LogP contribution in [0, 0.1) is 19.3 Å². The van der Waals surface area contributed by atoms with Crippen LogP contribution in [-0.2, 0) is 4.79 Å². The van der Waals surface area contributed by atoms with E-state index in [9.17, 15) is 13.6 Å². The number of alkyl halides is 2. The average Bonchev–Trinajstić information content (AvgIpc) is 2.95. The zero-order chi connectivity index (χ0) is 18.7. The Kier molecular flexibility index (Phi) is 5.36. The highest BCUT2D eigenvalue weighted by Crippen LogP contribution is 2.36. The van der Waals surface area contributed by atoms with Gasteiger partial charge < -0.3 is 15.2 Å². The first kappa shape index (κ1) is 18.5. The van der Waals surface area contributed by atoms with E-state index in [4.69, 9.17) is 0 Å². The Morgan fingerprint density at radius 1 is 1.27 bits per heavy atom. The first-order valence-electron chi connectivity index (χ1n) is 8.83. The van der Waals surface area contributed by atoms with Crippen LogP contribution in [0.3, 0.4) is 0 Å². The molecule has 0 saturated carbocycles. The molecule has 5 nitrogen and oxygen atoms in total. The summed E-state index contributed by atoms with van der Waals surface area (Å²) in [5.74, 6) is -0.318. The lowest BCUT2D eigenvalue weighted by atomic mass is 9.75. The van der Waals surface area contributed by atoms with Gasteiger partial charge in [-0.15, -0.1) is 0 Å². The number of piperidine rings is 1. The van der Waals surface area contributed by atoms with E-state index in [1.807, 2.05) is 30.5 Å². The minimum absolute atomic E-state index is 0.318. The minimum Gasteiger partial charge on any atom is -0.326 e. The molecule has 0 bridgehead atoms. The molecule has 0 spiro atoms. The molecule has 2 heterocycles. The number of rotatable bonds is 5. The van der Waals surface area contributed by atoms with Crippen molar-refractivity contribution in [3.05, 3.63) is 42.0 Å². The molecule has 26 heavy (non-hydrogen) atoms.